The average molecular weight is 300 g/mol. The van der Waals surface area contributed by atoms with E-state index in [1.807, 2.05) is 19.1 Å². The second-order valence-electron chi connectivity index (χ2n) is 5.05. The number of aryl methyl sites for hydroxylation is 1. The van der Waals surface area contributed by atoms with Crippen LogP contribution in [0.2, 0.25) is 0 Å². The van der Waals surface area contributed by atoms with Crippen molar-refractivity contribution in [2.75, 3.05) is 6.61 Å². The summed E-state index contributed by atoms with van der Waals surface area (Å²) in [5.41, 5.74) is 2.34. The summed E-state index contributed by atoms with van der Waals surface area (Å²) >= 11 is 1.76. The fourth-order valence-electron chi connectivity index (χ4n) is 2.54. The molecule has 0 saturated heterocycles. The maximum atomic E-state index is 5.69. The fourth-order valence-corrected chi connectivity index (χ4v) is 3.43. The molecule has 0 atom stereocenters. The molecule has 21 heavy (non-hydrogen) atoms. The van der Waals surface area contributed by atoms with E-state index in [4.69, 9.17) is 9.72 Å². The van der Waals surface area contributed by atoms with Crippen LogP contribution >= 0.6 is 11.3 Å². The van der Waals surface area contributed by atoms with Gasteiger partial charge in [0.25, 0.3) is 0 Å². The molecule has 0 aliphatic carbocycles. The van der Waals surface area contributed by atoms with Gasteiger partial charge in [-0.05, 0) is 38.0 Å². The molecule has 3 nitrogen and oxygen atoms in total. The minimum absolute atomic E-state index is 0.691. The number of benzene rings is 1. The topological polar surface area (TPSA) is 27.1 Å². The quantitative estimate of drug-likeness (QED) is 0.670. The molecule has 4 heteroatoms. The molecular formula is C17H20N2OS. The number of hydrogen-bond donors (Lipinski definition) is 0. The SMILES string of the molecule is CCCc1nc(Cn2ccc3c(OCC)cccc32)cs1. The zero-order valence-corrected chi connectivity index (χ0v) is 13.3. The predicted molar refractivity (Wildman–Crippen MR) is 88.3 cm³/mol. The molecule has 0 radical (unpaired) electrons. The zero-order valence-electron chi connectivity index (χ0n) is 12.5. The van der Waals surface area contributed by atoms with Crippen molar-refractivity contribution in [1.82, 2.24) is 9.55 Å². The van der Waals surface area contributed by atoms with E-state index in [2.05, 4.69) is 35.2 Å². The third-order valence-electron chi connectivity index (χ3n) is 3.47. The fraction of sp³-hybridized carbons (Fsp3) is 0.353. The minimum Gasteiger partial charge on any atom is -0.493 e. The van der Waals surface area contributed by atoms with Crippen LogP contribution in [0.3, 0.4) is 0 Å². The van der Waals surface area contributed by atoms with E-state index in [9.17, 15) is 0 Å². The molecule has 110 valence electrons. The number of hydrogen-bond acceptors (Lipinski definition) is 3. The van der Waals surface area contributed by atoms with E-state index in [0.29, 0.717) is 6.61 Å². The highest BCUT2D eigenvalue weighted by Crippen LogP contribution is 2.27. The molecule has 0 aliphatic rings. The van der Waals surface area contributed by atoms with Gasteiger partial charge in [-0.3, -0.25) is 0 Å². The van der Waals surface area contributed by atoms with Gasteiger partial charge in [0.2, 0.25) is 0 Å². The number of fused-ring (bicyclic) bond motifs is 1. The summed E-state index contributed by atoms with van der Waals surface area (Å²) in [5, 5.41) is 4.57. The molecule has 3 aromatic rings. The molecule has 0 spiro atoms. The van der Waals surface area contributed by atoms with E-state index < -0.39 is 0 Å². The molecular weight excluding hydrogens is 280 g/mol. The van der Waals surface area contributed by atoms with Crippen LogP contribution in [0.1, 0.15) is 31.0 Å². The Kier molecular flexibility index (Phi) is 4.25. The van der Waals surface area contributed by atoms with Crippen molar-refractivity contribution in [2.24, 2.45) is 0 Å². The molecule has 0 aliphatic heterocycles. The van der Waals surface area contributed by atoms with Crippen LogP contribution < -0.4 is 4.74 Å². The molecule has 0 N–H and O–H groups in total. The number of rotatable bonds is 6. The molecule has 0 bridgehead atoms. The van der Waals surface area contributed by atoms with Gasteiger partial charge in [-0.2, -0.15) is 0 Å². The van der Waals surface area contributed by atoms with Crippen molar-refractivity contribution in [3.8, 4) is 5.75 Å². The van der Waals surface area contributed by atoms with Crippen LogP contribution in [0.25, 0.3) is 10.9 Å². The highest BCUT2D eigenvalue weighted by molar-refractivity contribution is 7.09. The summed E-state index contributed by atoms with van der Waals surface area (Å²) in [7, 11) is 0. The van der Waals surface area contributed by atoms with Crippen LogP contribution in [0.4, 0.5) is 0 Å². The van der Waals surface area contributed by atoms with Gasteiger partial charge < -0.3 is 9.30 Å². The Morgan fingerprint density at radius 3 is 2.95 bits per heavy atom. The molecule has 0 fully saturated rings. The molecule has 2 aromatic heterocycles. The van der Waals surface area contributed by atoms with Gasteiger partial charge in [0.05, 0.1) is 29.4 Å². The smallest absolute Gasteiger partial charge is 0.128 e. The van der Waals surface area contributed by atoms with Gasteiger partial charge in [0.15, 0.2) is 0 Å². The lowest BCUT2D eigenvalue weighted by Crippen LogP contribution is -1.99. The maximum Gasteiger partial charge on any atom is 0.128 e. The normalized spacial score (nSPS) is 11.1. The monoisotopic (exact) mass is 300 g/mol. The Morgan fingerprint density at radius 1 is 1.24 bits per heavy atom. The first-order valence-electron chi connectivity index (χ1n) is 7.45. The molecule has 1 aromatic carbocycles. The van der Waals surface area contributed by atoms with Crippen molar-refractivity contribution < 1.29 is 4.74 Å². The highest BCUT2D eigenvalue weighted by Gasteiger charge is 2.08. The maximum absolute atomic E-state index is 5.69. The summed E-state index contributed by atoms with van der Waals surface area (Å²) in [6, 6.07) is 8.34. The summed E-state index contributed by atoms with van der Waals surface area (Å²) in [5.74, 6) is 0.957. The standard InChI is InChI=1S/C17H20N2OS/c1-3-6-17-18-13(12-21-17)11-19-10-9-14-15(19)7-5-8-16(14)20-4-2/h5,7-10,12H,3-4,6,11H2,1-2H3. The van der Waals surface area contributed by atoms with Crippen LogP contribution in [0, 0.1) is 0 Å². The summed E-state index contributed by atoms with van der Waals surface area (Å²) in [4.78, 5) is 4.71. The lowest BCUT2D eigenvalue weighted by atomic mass is 10.2. The second-order valence-corrected chi connectivity index (χ2v) is 5.99. The van der Waals surface area contributed by atoms with Gasteiger partial charge in [-0.25, -0.2) is 4.98 Å². The number of aromatic nitrogens is 2. The average Bonchev–Trinajstić information content (AvgIpc) is 3.09. The Balaban J connectivity index is 1.88. The predicted octanol–water partition coefficient (Wildman–Crippen LogP) is 4.50. The third-order valence-corrected chi connectivity index (χ3v) is 4.43. The molecule has 3 rings (SSSR count). The van der Waals surface area contributed by atoms with Crippen LogP contribution in [0.5, 0.6) is 5.75 Å². The van der Waals surface area contributed by atoms with Gasteiger partial charge in [-0.1, -0.05) is 13.0 Å². The lowest BCUT2D eigenvalue weighted by Gasteiger charge is -2.06. The first kappa shape index (κ1) is 14.1. The van der Waals surface area contributed by atoms with Crippen LogP contribution in [-0.4, -0.2) is 16.2 Å². The van der Waals surface area contributed by atoms with E-state index in [-0.39, 0.29) is 0 Å². The van der Waals surface area contributed by atoms with Crippen molar-refractivity contribution in [3.05, 3.63) is 46.5 Å². The van der Waals surface area contributed by atoms with Crippen molar-refractivity contribution in [2.45, 2.75) is 33.2 Å². The van der Waals surface area contributed by atoms with Gasteiger partial charge in [0, 0.05) is 17.0 Å². The van der Waals surface area contributed by atoms with E-state index >= 15 is 0 Å². The van der Waals surface area contributed by atoms with Crippen molar-refractivity contribution in [1.29, 1.82) is 0 Å². The largest absolute Gasteiger partial charge is 0.493 e. The molecule has 0 unspecified atom stereocenters. The molecule has 0 amide bonds. The Morgan fingerprint density at radius 2 is 2.14 bits per heavy atom. The van der Waals surface area contributed by atoms with Gasteiger partial charge in [0.1, 0.15) is 5.75 Å². The first-order valence-corrected chi connectivity index (χ1v) is 8.33. The van der Waals surface area contributed by atoms with E-state index in [1.54, 1.807) is 11.3 Å². The van der Waals surface area contributed by atoms with Gasteiger partial charge in [-0.15, -0.1) is 11.3 Å². The number of ether oxygens (including phenoxy) is 1. The van der Waals surface area contributed by atoms with E-state index in [1.165, 1.54) is 15.9 Å². The van der Waals surface area contributed by atoms with Crippen LogP contribution in [0.15, 0.2) is 35.8 Å². The Labute approximate surface area is 129 Å². The molecule has 0 saturated carbocycles. The number of nitrogens with zero attached hydrogens (tertiary/aromatic N) is 2. The minimum atomic E-state index is 0.691. The summed E-state index contributed by atoms with van der Waals surface area (Å²) in [6.45, 7) is 5.71. The first-order chi connectivity index (χ1) is 10.3. The zero-order chi connectivity index (χ0) is 14.7. The number of thiazole rings is 1. The highest BCUT2D eigenvalue weighted by atomic mass is 32.1. The van der Waals surface area contributed by atoms with E-state index in [0.717, 1.165) is 30.8 Å². The van der Waals surface area contributed by atoms with Crippen molar-refractivity contribution >= 4 is 22.2 Å². The van der Waals surface area contributed by atoms with Crippen molar-refractivity contribution in [3.63, 3.8) is 0 Å². The van der Waals surface area contributed by atoms with Gasteiger partial charge >= 0.3 is 0 Å². The van der Waals surface area contributed by atoms with Crippen LogP contribution in [-0.2, 0) is 13.0 Å². The third kappa shape index (κ3) is 2.95. The molecule has 2 heterocycles. The Bertz CT molecular complexity index is 729. The lowest BCUT2D eigenvalue weighted by molar-refractivity contribution is 0.344. The summed E-state index contributed by atoms with van der Waals surface area (Å²) in [6.07, 6.45) is 4.34. The summed E-state index contributed by atoms with van der Waals surface area (Å²) < 4.78 is 7.93. The Hall–Kier alpha value is -1.81. The second kappa shape index (κ2) is 6.31.